The van der Waals surface area contributed by atoms with Gasteiger partial charge in [-0.25, -0.2) is 9.59 Å². The van der Waals surface area contributed by atoms with Crippen LogP contribution < -0.4 is 20.3 Å². The van der Waals surface area contributed by atoms with Gasteiger partial charge >= 0.3 is 11.9 Å². The molecule has 47 heavy (non-hydrogen) atoms. The van der Waals surface area contributed by atoms with Gasteiger partial charge in [-0.15, -0.1) is 0 Å². The van der Waals surface area contributed by atoms with E-state index in [-0.39, 0.29) is 33.5 Å². The van der Waals surface area contributed by atoms with E-state index in [0.29, 0.717) is 11.1 Å². The minimum atomic E-state index is -2.24. The number of aromatic nitrogens is 2. The number of nitrogens with one attached hydrogen (secondary N) is 2. The number of benzene rings is 2. The summed E-state index contributed by atoms with van der Waals surface area (Å²) in [5.41, 5.74) is 1.25. The number of esters is 1. The molecule has 246 valence electrons. The van der Waals surface area contributed by atoms with E-state index in [4.69, 9.17) is 23.5 Å². The second-order valence-electron chi connectivity index (χ2n) is 10.7. The summed E-state index contributed by atoms with van der Waals surface area (Å²) in [4.78, 5) is 45.8. The molecule has 2 aromatic carbocycles. The fourth-order valence-corrected chi connectivity index (χ4v) is 5.18. The van der Waals surface area contributed by atoms with E-state index >= 15 is 0 Å². The lowest BCUT2D eigenvalue weighted by Gasteiger charge is -2.42. The van der Waals surface area contributed by atoms with Gasteiger partial charge in [0.25, 0.3) is 0 Å². The Bertz CT molecular complexity index is 1940. The number of carbonyl (C=O) groups excluding carboxylic acids is 1. The lowest BCUT2D eigenvalue weighted by molar-refractivity contribution is -0.318. The maximum atomic E-state index is 13.2. The highest BCUT2D eigenvalue weighted by Crippen LogP contribution is 2.30. The maximum absolute atomic E-state index is 13.2. The van der Waals surface area contributed by atoms with Crippen molar-refractivity contribution in [3.05, 3.63) is 83.6 Å². The predicted molar refractivity (Wildman–Crippen MR) is 160 cm³/mol. The van der Waals surface area contributed by atoms with Crippen LogP contribution in [0.15, 0.2) is 82.6 Å². The highest BCUT2D eigenvalue weighted by Gasteiger charge is 2.51. The quantitative estimate of drug-likeness (QED) is 0.0612. The summed E-state index contributed by atoms with van der Waals surface area (Å²) < 4.78 is 23.6. The number of rotatable bonds is 10. The lowest BCUT2D eigenvalue weighted by atomic mass is 9.98. The standard InChI is InChI=1S/C31H29N3O13/c1-32-22(28(39)40)29(41)46-30(42)26-24(37)25(38)27(47-34-11-15-8-9-33-20(15)12-34)31(45-26)44-17-6-7-18-21(10-17)43-13-19(23(18)36)14-2-4-16(35)5-3-14/h2-13,22,24-27,30-33,35,37-38,42H,1H3,(H,39,40). The van der Waals surface area contributed by atoms with Crippen LogP contribution >= 0.6 is 0 Å². The van der Waals surface area contributed by atoms with E-state index in [1.807, 2.05) is 0 Å². The molecule has 0 amide bonds. The van der Waals surface area contributed by atoms with Gasteiger partial charge in [0.15, 0.2) is 11.5 Å². The van der Waals surface area contributed by atoms with Crippen LogP contribution in [-0.4, -0.2) is 97.3 Å². The van der Waals surface area contributed by atoms with Gasteiger partial charge in [-0.3, -0.25) is 10.1 Å². The van der Waals surface area contributed by atoms with Crippen molar-refractivity contribution in [2.24, 2.45) is 0 Å². The summed E-state index contributed by atoms with van der Waals surface area (Å²) in [5, 5.41) is 54.7. The molecule has 4 heterocycles. The van der Waals surface area contributed by atoms with Gasteiger partial charge in [0.05, 0.1) is 28.9 Å². The largest absolute Gasteiger partial charge is 0.508 e. The third kappa shape index (κ3) is 6.23. The molecule has 1 saturated heterocycles. The van der Waals surface area contributed by atoms with E-state index in [2.05, 4.69) is 10.3 Å². The summed E-state index contributed by atoms with van der Waals surface area (Å²) in [6.07, 6.45) is -4.70. The number of aliphatic hydroxyl groups excluding tert-OH is 3. The van der Waals surface area contributed by atoms with Crippen molar-refractivity contribution >= 4 is 33.8 Å². The van der Waals surface area contributed by atoms with Crippen molar-refractivity contribution in [1.82, 2.24) is 15.0 Å². The van der Waals surface area contributed by atoms with E-state index in [0.717, 1.165) is 5.39 Å². The van der Waals surface area contributed by atoms with Crippen molar-refractivity contribution in [3.8, 4) is 22.6 Å². The molecular formula is C31H29N3O13. The number of phenolic OH excluding ortho intramolecular Hbond substituents is 1. The topological polar surface area (TPSA) is 235 Å². The zero-order chi connectivity index (χ0) is 33.4. The predicted octanol–water partition coefficient (Wildman–Crippen LogP) is 0.306. The van der Waals surface area contributed by atoms with Gasteiger partial charge in [0.2, 0.25) is 24.7 Å². The number of aromatic amines is 1. The SMILES string of the molecule is CNC(C(=O)O)C(=O)OC(O)C1OC(Oc2ccc3c(=O)c(-c4ccc(O)cc4)coc3c2)C(On2cc3cc[nH]c3c2)C(O)C1O. The third-order valence-corrected chi connectivity index (χ3v) is 7.63. The Kier molecular flexibility index (Phi) is 8.59. The van der Waals surface area contributed by atoms with Crippen molar-refractivity contribution < 1.29 is 58.6 Å². The molecule has 0 saturated carbocycles. The molecule has 0 aliphatic carbocycles. The van der Waals surface area contributed by atoms with Crippen LogP contribution in [0.3, 0.4) is 0 Å². The molecule has 1 fully saturated rings. The van der Waals surface area contributed by atoms with Crippen molar-refractivity contribution in [1.29, 1.82) is 0 Å². The molecule has 1 aliphatic rings. The number of carbonyl (C=O) groups is 2. The average Bonchev–Trinajstić information content (AvgIpc) is 3.64. The number of H-pyrrole nitrogens is 1. The number of aliphatic carboxylic acids is 1. The Morgan fingerprint density at radius 3 is 2.53 bits per heavy atom. The molecule has 0 radical (unpaired) electrons. The number of aliphatic hydroxyl groups is 3. The molecule has 7 unspecified atom stereocenters. The molecular weight excluding hydrogens is 622 g/mol. The molecule has 0 spiro atoms. The molecule has 7 N–H and O–H groups in total. The number of aromatic hydroxyl groups is 1. The fourth-order valence-electron chi connectivity index (χ4n) is 5.18. The lowest BCUT2D eigenvalue weighted by Crippen LogP contribution is -2.65. The van der Waals surface area contributed by atoms with Gasteiger partial charge in [0.1, 0.15) is 35.6 Å². The van der Waals surface area contributed by atoms with Crippen LogP contribution in [-0.2, 0) is 19.1 Å². The van der Waals surface area contributed by atoms with Crippen LogP contribution in [0.5, 0.6) is 11.5 Å². The molecule has 16 nitrogen and oxygen atoms in total. The van der Waals surface area contributed by atoms with Gasteiger partial charge in [-0.05, 0) is 42.9 Å². The average molecular weight is 652 g/mol. The second kappa shape index (κ2) is 12.8. The van der Waals surface area contributed by atoms with Crippen LogP contribution in [0.1, 0.15) is 0 Å². The molecule has 0 bridgehead atoms. The zero-order valence-electron chi connectivity index (χ0n) is 24.4. The molecule has 7 atom stereocenters. The third-order valence-electron chi connectivity index (χ3n) is 7.63. The molecule has 3 aromatic heterocycles. The molecule has 16 heteroatoms. The Labute approximate surface area is 263 Å². The maximum Gasteiger partial charge on any atom is 0.337 e. The van der Waals surface area contributed by atoms with E-state index < -0.39 is 55.0 Å². The summed E-state index contributed by atoms with van der Waals surface area (Å²) >= 11 is 0. The number of nitrogens with zero attached hydrogens (tertiary/aromatic N) is 1. The first-order chi connectivity index (χ1) is 22.5. The Balaban J connectivity index is 1.29. The Morgan fingerprint density at radius 2 is 1.83 bits per heavy atom. The second-order valence-corrected chi connectivity index (χ2v) is 10.7. The number of carboxylic acid groups (broad SMARTS) is 1. The minimum absolute atomic E-state index is 0.0373. The molecule has 1 aliphatic heterocycles. The van der Waals surface area contributed by atoms with Crippen molar-refractivity contribution in [3.63, 3.8) is 0 Å². The van der Waals surface area contributed by atoms with Crippen LogP contribution in [0.4, 0.5) is 0 Å². The summed E-state index contributed by atoms with van der Waals surface area (Å²) in [7, 11) is 1.19. The number of fused-ring (bicyclic) bond motifs is 2. The number of hydrogen-bond acceptors (Lipinski definition) is 13. The number of carboxylic acids is 1. The van der Waals surface area contributed by atoms with Crippen molar-refractivity contribution in [2.45, 2.75) is 43.0 Å². The zero-order valence-corrected chi connectivity index (χ0v) is 24.4. The smallest absolute Gasteiger partial charge is 0.337 e. The summed E-state index contributed by atoms with van der Waals surface area (Å²) in [5.74, 6) is -2.86. The van der Waals surface area contributed by atoms with Crippen LogP contribution in [0.25, 0.3) is 33.0 Å². The monoisotopic (exact) mass is 651 g/mol. The number of likely N-dealkylation sites (N-methyl/N-ethyl adjacent to an activating group) is 1. The number of phenols is 1. The van der Waals surface area contributed by atoms with Crippen LogP contribution in [0.2, 0.25) is 0 Å². The van der Waals surface area contributed by atoms with Gasteiger partial charge in [0, 0.05) is 17.6 Å². The Hall–Kier alpha value is -5.39. The number of ether oxygens (including phenoxy) is 3. The van der Waals surface area contributed by atoms with E-state index in [9.17, 15) is 39.9 Å². The highest BCUT2D eigenvalue weighted by atomic mass is 16.8. The minimum Gasteiger partial charge on any atom is -0.508 e. The van der Waals surface area contributed by atoms with Crippen LogP contribution in [0, 0.1) is 0 Å². The van der Waals surface area contributed by atoms with Gasteiger partial charge in [-0.1, -0.05) is 12.1 Å². The normalized spacial score (nSPS) is 22.5. The Morgan fingerprint density at radius 1 is 1.06 bits per heavy atom. The first kappa shape index (κ1) is 31.6. The van der Waals surface area contributed by atoms with E-state index in [1.54, 1.807) is 36.8 Å². The van der Waals surface area contributed by atoms with Gasteiger partial charge in [-0.2, -0.15) is 4.73 Å². The highest BCUT2D eigenvalue weighted by molar-refractivity contribution is 5.98. The number of hydrogen-bond donors (Lipinski definition) is 7. The van der Waals surface area contributed by atoms with Crippen molar-refractivity contribution in [2.75, 3.05) is 7.05 Å². The summed E-state index contributed by atoms with van der Waals surface area (Å²) in [6, 6.07) is 10.2. The fraction of sp³-hybridized carbons (Fsp3) is 0.258. The van der Waals surface area contributed by atoms with E-state index in [1.165, 1.54) is 48.4 Å². The summed E-state index contributed by atoms with van der Waals surface area (Å²) in [6.45, 7) is 0. The first-order valence-electron chi connectivity index (χ1n) is 14.2. The first-order valence-corrected chi connectivity index (χ1v) is 14.2. The molecule has 5 aromatic rings. The molecule has 6 rings (SSSR count). The van der Waals surface area contributed by atoms with Gasteiger partial charge < -0.3 is 54.0 Å².